The molecule has 8 heteroatoms. The van der Waals surface area contributed by atoms with E-state index in [9.17, 15) is 9.18 Å². The molecule has 0 aliphatic carbocycles. The second-order valence-corrected chi connectivity index (χ2v) is 7.25. The van der Waals surface area contributed by atoms with E-state index in [1.54, 1.807) is 36.5 Å². The summed E-state index contributed by atoms with van der Waals surface area (Å²) in [6.07, 6.45) is 2.37. The predicted octanol–water partition coefficient (Wildman–Crippen LogP) is 4.13. The fraction of sp³-hybridized carbons (Fsp3) is 0.0588. The largest absolute Gasteiger partial charge is 0.298 e. The van der Waals surface area contributed by atoms with Crippen molar-refractivity contribution in [1.82, 2.24) is 14.6 Å². The molecule has 2 aromatic heterocycles. The highest BCUT2D eigenvalue weighted by atomic mass is 32.1. The minimum atomic E-state index is -0.255. The fourth-order valence-electron chi connectivity index (χ4n) is 2.34. The molecule has 2 aromatic carbocycles. The third-order valence-electron chi connectivity index (χ3n) is 3.58. The summed E-state index contributed by atoms with van der Waals surface area (Å²) >= 11 is 2.65. The summed E-state index contributed by atoms with van der Waals surface area (Å²) in [7, 11) is 0. The Balaban J connectivity index is 1.46. The van der Waals surface area contributed by atoms with Crippen LogP contribution in [-0.2, 0) is 6.42 Å². The van der Waals surface area contributed by atoms with Gasteiger partial charge in [0, 0.05) is 23.1 Å². The van der Waals surface area contributed by atoms with Crippen molar-refractivity contribution in [3.8, 4) is 0 Å². The number of halogens is 1. The van der Waals surface area contributed by atoms with E-state index in [1.165, 1.54) is 35.0 Å². The SMILES string of the molecule is O=C(Nc1ncc(Cc2ccc(F)cc2)s1)c1ccc2nnsc2c1. The number of thiazole rings is 1. The number of rotatable bonds is 4. The molecule has 0 unspecified atom stereocenters. The number of amides is 1. The molecule has 1 amide bonds. The Bertz CT molecular complexity index is 1040. The number of hydrogen-bond donors (Lipinski definition) is 1. The van der Waals surface area contributed by atoms with Crippen molar-refractivity contribution in [2.24, 2.45) is 0 Å². The van der Waals surface area contributed by atoms with E-state index < -0.39 is 0 Å². The van der Waals surface area contributed by atoms with Crippen LogP contribution in [0.5, 0.6) is 0 Å². The molecule has 4 rings (SSSR count). The lowest BCUT2D eigenvalue weighted by Gasteiger charge is -2.01. The van der Waals surface area contributed by atoms with E-state index in [0.29, 0.717) is 17.1 Å². The Hall–Kier alpha value is -2.71. The van der Waals surface area contributed by atoms with Gasteiger partial charge in [0.05, 0.1) is 4.70 Å². The molecular formula is C17H11FN4OS2. The van der Waals surface area contributed by atoms with Crippen LogP contribution in [0.4, 0.5) is 9.52 Å². The van der Waals surface area contributed by atoms with Crippen LogP contribution in [0, 0.1) is 5.82 Å². The fourth-order valence-corrected chi connectivity index (χ4v) is 3.78. The Morgan fingerprint density at radius 2 is 2.00 bits per heavy atom. The lowest BCUT2D eigenvalue weighted by molar-refractivity contribution is 0.102. The number of nitrogens with one attached hydrogen (secondary N) is 1. The minimum Gasteiger partial charge on any atom is -0.298 e. The number of carbonyl (C=O) groups excluding carboxylic acids is 1. The van der Waals surface area contributed by atoms with E-state index in [4.69, 9.17) is 0 Å². The van der Waals surface area contributed by atoms with E-state index in [1.807, 2.05) is 0 Å². The first-order chi connectivity index (χ1) is 12.2. The Kier molecular flexibility index (Phi) is 4.21. The Morgan fingerprint density at radius 1 is 1.16 bits per heavy atom. The van der Waals surface area contributed by atoms with Gasteiger partial charge in [-0.3, -0.25) is 10.1 Å². The van der Waals surface area contributed by atoms with Crippen molar-refractivity contribution in [3.63, 3.8) is 0 Å². The second-order valence-electron chi connectivity index (χ2n) is 5.34. The average molecular weight is 370 g/mol. The zero-order valence-corrected chi connectivity index (χ0v) is 14.4. The molecule has 124 valence electrons. The Morgan fingerprint density at radius 3 is 2.84 bits per heavy atom. The summed E-state index contributed by atoms with van der Waals surface area (Å²) in [4.78, 5) is 17.6. The van der Waals surface area contributed by atoms with Gasteiger partial charge in [-0.15, -0.1) is 16.4 Å². The van der Waals surface area contributed by atoms with Crippen molar-refractivity contribution >= 4 is 44.1 Å². The third kappa shape index (κ3) is 3.54. The van der Waals surface area contributed by atoms with Crippen LogP contribution >= 0.6 is 22.9 Å². The van der Waals surface area contributed by atoms with E-state index in [0.717, 1.165) is 20.7 Å². The predicted molar refractivity (Wildman–Crippen MR) is 96.7 cm³/mol. The van der Waals surface area contributed by atoms with Crippen molar-refractivity contribution in [3.05, 3.63) is 70.5 Å². The minimum absolute atomic E-state index is 0.224. The van der Waals surface area contributed by atoms with Crippen molar-refractivity contribution in [2.75, 3.05) is 5.32 Å². The number of aromatic nitrogens is 3. The summed E-state index contributed by atoms with van der Waals surface area (Å²) in [6.45, 7) is 0. The van der Waals surface area contributed by atoms with Crippen LogP contribution in [0.1, 0.15) is 20.8 Å². The van der Waals surface area contributed by atoms with Gasteiger partial charge in [-0.25, -0.2) is 9.37 Å². The maximum Gasteiger partial charge on any atom is 0.257 e. The highest BCUT2D eigenvalue weighted by Crippen LogP contribution is 2.23. The van der Waals surface area contributed by atoms with Crippen LogP contribution in [0.2, 0.25) is 0 Å². The van der Waals surface area contributed by atoms with Gasteiger partial charge in [-0.2, -0.15) is 0 Å². The van der Waals surface area contributed by atoms with E-state index >= 15 is 0 Å². The molecule has 0 atom stereocenters. The molecule has 0 aliphatic heterocycles. The maximum absolute atomic E-state index is 12.9. The number of carbonyl (C=O) groups is 1. The molecule has 0 radical (unpaired) electrons. The molecule has 1 N–H and O–H groups in total. The smallest absolute Gasteiger partial charge is 0.257 e. The van der Waals surface area contributed by atoms with Gasteiger partial charge in [0.2, 0.25) is 0 Å². The van der Waals surface area contributed by atoms with Crippen LogP contribution in [0.15, 0.2) is 48.7 Å². The molecule has 0 saturated heterocycles. The first-order valence-corrected chi connectivity index (χ1v) is 8.99. The molecule has 0 saturated carbocycles. The van der Waals surface area contributed by atoms with Crippen LogP contribution < -0.4 is 5.32 Å². The van der Waals surface area contributed by atoms with Gasteiger partial charge in [0.1, 0.15) is 11.3 Å². The number of fused-ring (bicyclic) bond motifs is 1. The van der Waals surface area contributed by atoms with Gasteiger partial charge < -0.3 is 0 Å². The Labute approximate surface area is 150 Å². The summed E-state index contributed by atoms with van der Waals surface area (Å²) in [5.74, 6) is -0.480. The van der Waals surface area contributed by atoms with Gasteiger partial charge in [-0.1, -0.05) is 16.6 Å². The topological polar surface area (TPSA) is 67.8 Å². The standard InChI is InChI=1S/C17H11FN4OS2/c18-12-4-1-10(2-5-12)7-13-9-19-17(24-13)20-16(23)11-3-6-14-15(8-11)25-22-21-14/h1-6,8-9H,7H2,(H,19,20,23). The van der Waals surface area contributed by atoms with E-state index in [-0.39, 0.29) is 11.7 Å². The van der Waals surface area contributed by atoms with Gasteiger partial charge in [0.25, 0.3) is 5.91 Å². The number of anilines is 1. The summed E-state index contributed by atoms with van der Waals surface area (Å²) < 4.78 is 17.7. The van der Waals surface area contributed by atoms with Crippen LogP contribution in [0.25, 0.3) is 10.2 Å². The summed E-state index contributed by atoms with van der Waals surface area (Å²) in [6, 6.07) is 11.6. The van der Waals surface area contributed by atoms with Gasteiger partial charge in [0.15, 0.2) is 5.13 Å². The maximum atomic E-state index is 12.9. The highest BCUT2D eigenvalue weighted by Gasteiger charge is 2.11. The average Bonchev–Trinajstić information content (AvgIpc) is 3.25. The summed E-state index contributed by atoms with van der Waals surface area (Å²) in [5.41, 5.74) is 2.30. The quantitative estimate of drug-likeness (QED) is 0.586. The third-order valence-corrected chi connectivity index (χ3v) is 5.18. The van der Waals surface area contributed by atoms with Crippen LogP contribution in [0.3, 0.4) is 0 Å². The molecule has 2 heterocycles. The highest BCUT2D eigenvalue weighted by molar-refractivity contribution is 7.15. The molecule has 0 fully saturated rings. The molecule has 0 spiro atoms. The number of nitrogens with zero attached hydrogens (tertiary/aromatic N) is 3. The molecular weight excluding hydrogens is 359 g/mol. The monoisotopic (exact) mass is 370 g/mol. The first kappa shape index (κ1) is 15.8. The van der Waals surface area contributed by atoms with Crippen molar-refractivity contribution in [2.45, 2.75) is 6.42 Å². The molecule has 0 aliphatic rings. The molecule has 0 bridgehead atoms. The lowest BCUT2D eigenvalue weighted by atomic mass is 10.1. The van der Waals surface area contributed by atoms with Gasteiger partial charge in [-0.05, 0) is 47.4 Å². The first-order valence-electron chi connectivity index (χ1n) is 7.40. The molecule has 25 heavy (non-hydrogen) atoms. The zero-order chi connectivity index (χ0) is 17.2. The van der Waals surface area contributed by atoms with Crippen molar-refractivity contribution < 1.29 is 9.18 Å². The van der Waals surface area contributed by atoms with Crippen LogP contribution in [-0.4, -0.2) is 20.5 Å². The molecule has 4 aromatic rings. The van der Waals surface area contributed by atoms with E-state index in [2.05, 4.69) is 19.9 Å². The lowest BCUT2D eigenvalue weighted by Crippen LogP contribution is -2.11. The number of benzene rings is 2. The van der Waals surface area contributed by atoms with Gasteiger partial charge >= 0.3 is 0 Å². The molecule has 5 nitrogen and oxygen atoms in total. The zero-order valence-electron chi connectivity index (χ0n) is 12.8. The summed E-state index contributed by atoms with van der Waals surface area (Å²) in [5, 5.41) is 7.29. The van der Waals surface area contributed by atoms with Crippen molar-refractivity contribution in [1.29, 1.82) is 0 Å². The normalized spacial score (nSPS) is 10.9. The second kappa shape index (κ2) is 6.66. The number of hydrogen-bond acceptors (Lipinski definition) is 6.